The Kier molecular flexibility index (Phi) is 10.3. The molecule has 3 N–H and O–H groups in total. The number of benzene rings is 2. The third kappa shape index (κ3) is 8.48. The molecule has 0 saturated heterocycles. The third-order valence-electron chi connectivity index (χ3n) is 4.11. The van der Waals surface area contributed by atoms with Gasteiger partial charge in [0, 0.05) is 36.0 Å². The van der Waals surface area contributed by atoms with E-state index in [4.69, 9.17) is 9.47 Å². The van der Waals surface area contributed by atoms with Gasteiger partial charge in [0.1, 0.15) is 5.75 Å². The average molecular weight is 505 g/mol. The Bertz CT molecular complexity index is 981. The summed E-state index contributed by atoms with van der Waals surface area (Å²) in [7, 11) is 1.56. The van der Waals surface area contributed by atoms with Crippen LogP contribution >= 0.6 is 15.9 Å². The maximum Gasteiger partial charge on any atom is 0.329 e. The van der Waals surface area contributed by atoms with Gasteiger partial charge in [-0.25, -0.2) is 5.43 Å². The molecule has 10 heteroatoms. The van der Waals surface area contributed by atoms with E-state index in [1.807, 2.05) is 19.1 Å². The Morgan fingerprint density at radius 2 is 1.91 bits per heavy atom. The van der Waals surface area contributed by atoms with Gasteiger partial charge in [-0.05, 0) is 49.2 Å². The number of carbonyl (C=O) groups excluding carboxylic acids is 3. The van der Waals surface area contributed by atoms with Gasteiger partial charge in [-0.2, -0.15) is 5.10 Å². The molecule has 2 aromatic carbocycles. The van der Waals surface area contributed by atoms with E-state index < -0.39 is 11.8 Å². The molecule has 32 heavy (non-hydrogen) atoms. The summed E-state index contributed by atoms with van der Waals surface area (Å²) in [5.41, 5.74) is 4.34. The molecule has 0 saturated carbocycles. The van der Waals surface area contributed by atoms with Crippen molar-refractivity contribution < 1.29 is 23.9 Å². The Hall–Kier alpha value is -3.24. The molecule has 3 amide bonds. The highest BCUT2D eigenvalue weighted by atomic mass is 79.9. The summed E-state index contributed by atoms with van der Waals surface area (Å²) in [6.45, 7) is 2.52. The minimum atomic E-state index is -0.888. The highest BCUT2D eigenvalue weighted by molar-refractivity contribution is 9.10. The van der Waals surface area contributed by atoms with Crippen molar-refractivity contribution in [3.8, 4) is 5.75 Å². The molecule has 2 rings (SSSR count). The van der Waals surface area contributed by atoms with Crippen molar-refractivity contribution in [1.82, 2.24) is 10.7 Å². The van der Waals surface area contributed by atoms with Crippen LogP contribution in [-0.2, 0) is 19.1 Å². The number of para-hydroxylation sites is 1. The second kappa shape index (κ2) is 13.2. The van der Waals surface area contributed by atoms with Gasteiger partial charge in [0.05, 0.1) is 6.21 Å². The first-order valence-corrected chi connectivity index (χ1v) is 10.6. The number of aryl methyl sites for hydroxylation is 1. The van der Waals surface area contributed by atoms with E-state index in [0.29, 0.717) is 36.6 Å². The molecular weight excluding hydrogens is 480 g/mol. The molecule has 0 radical (unpaired) electrons. The van der Waals surface area contributed by atoms with Gasteiger partial charge in [0.15, 0.2) is 6.61 Å². The largest absolute Gasteiger partial charge is 0.483 e. The first-order valence-electron chi connectivity index (χ1n) is 9.78. The van der Waals surface area contributed by atoms with Crippen LogP contribution in [0.2, 0.25) is 0 Å². The highest BCUT2D eigenvalue weighted by Gasteiger charge is 2.12. The first kappa shape index (κ1) is 25.0. The number of anilines is 1. The Labute approximate surface area is 194 Å². The predicted molar refractivity (Wildman–Crippen MR) is 125 cm³/mol. The van der Waals surface area contributed by atoms with Gasteiger partial charge < -0.3 is 20.1 Å². The number of rotatable bonds is 10. The zero-order valence-electron chi connectivity index (χ0n) is 17.8. The van der Waals surface area contributed by atoms with Crippen molar-refractivity contribution in [2.24, 2.45) is 5.10 Å². The van der Waals surface area contributed by atoms with Crippen LogP contribution in [0, 0.1) is 6.92 Å². The number of hydrogen-bond acceptors (Lipinski definition) is 6. The van der Waals surface area contributed by atoms with Crippen molar-refractivity contribution in [3.05, 3.63) is 58.1 Å². The molecule has 0 aliphatic carbocycles. The van der Waals surface area contributed by atoms with E-state index in [0.717, 1.165) is 10.0 Å². The number of methoxy groups -OCH3 is 1. The minimum Gasteiger partial charge on any atom is -0.483 e. The van der Waals surface area contributed by atoms with Crippen molar-refractivity contribution in [2.75, 3.05) is 32.2 Å². The quantitative estimate of drug-likeness (QED) is 0.198. The molecule has 170 valence electrons. The molecule has 0 atom stereocenters. The summed E-state index contributed by atoms with van der Waals surface area (Å²) in [6, 6.07) is 12.4. The predicted octanol–water partition coefficient (Wildman–Crippen LogP) is 2.38. The summed E-state index contributed by atoms with van der Waals surface area (Å²) in [5.74, 6) is -1.60. The Morgan fingerprint density at radius 1 is 1.12 bits per heavy atom. The molecule has 0 unspecified atom stereocenters. The topological polar surface area (TPSA) is 118 Å². The normalized spacial score (nSPS) is 10.6. The van der Waals surface area contributed by atoms with Crippen LogP contribution in [0.3, 0.4) is 0 Å². The molecular formula is C22H25BrN4O5. The van der Waals surface area contributed by atoms with E-state index in [1.54, 1.807) is 37.4 Å². The molecule has 0 spiro atoms. The summed E-state index contributed by atoms with van der Waals surface area (Å²) in [4.78, 5) is 35.6. The summed E-state index contributed by atoms with van der Waals surface area (Å²) >= 11 is 3.42. The van der Waals surface area contributed by atoms with Crippen LogP contribution in [0.1, 0.15) is 17.5 Å². The number of carbonyl (C=O) groups is 3. The third-order valence-corrected chi connectivity index (χ3v) is 5.00. The fraction of sp³-hybridized carbons (Fsp3) is 0.273. The van der Waals surface area contributed by atoms with Crippen LogP contribution < -0.4 is 20.8 Å². The summed E-state index contributed by atoms with van der Waals surface area (Å²) in [5, 5.41) is 9.01. The lowest BCUT2D eigenvalue weighted by atomic mass is 10.2. The van der Waals surface area contributed by atoms with Gasteiger partial charge in [0.2, 0.25) is 0 Å². The molecule has 0 bridgehead atoms. The molecule has 0 aromatic heterocycles. The zero-order valence-corrected chi connectivity index (χ0v) is 19.4. The Balaban J connectivity index is 1.86. The van der Waals surface area contributed by atoms with Crippen LogP contribution in [0.25, 0.3) is 0 Å². The fourth-order valence-electron chi connectivity index (χ4n) is 2.49. The summed E-state index contributed by atoms with van der Waals surface area (Å²) in [6.07, 6.45) is 1.93. The smallest absolute Gasteiger partial charge is 0.329 e. The Morgan fingerprint density at radius 3 is 2.66 bits per heavy atom. The number of hydrogen-bond donors (Lipinski definition) is 3. The number of hydrazone groups is 1. The van der Waals surface area contributed by atoms with Crippen LogP contribution in [-0.4, -0.2) is 50.8 Å². The zero-order chi connectivity index (χ0) is 23.3. The number of amides is 3. The van der Waals surface area contributed by atoms with Gasteiger partial charge in [-0.3, -0.25) is 14.4 Å². The van der Waals surface area contributed by atoms with Crippen molar-refractivity contribution in [1.29, 1.82) is 0 Å². The molecule has 0 heterocycles. The van der Waals surface area contributed by atoms with E-state index in [2.05, 4.69) is 37.1 Å². The van der Waals surface area contributed by atoms with Gasteiger partial charge >= 0.3 is 11.8 Å². The minimum absolute atomic E-state index is 0.212. The maximum atomic E-state index is 12.2. The lowest BCUT2D eigenvalue weighted by Crippen LogP contribution is -2.38. The standard InChI is InChI=1S/C22H25BrN4O5/c1-15-12-17(8-9-18(15)23)26-20(28)14-32-19-7-4-3-6-16(19)13-25-27-22(30)21(29)24-10-5-11-31-2/h3-4,6-9,12-13H,5,10-11,14H2,1-2H3,(H,24,29)(H,26,28)(H,27,30)/b25-13-. The monoisotopic (exact) mass is 504 g/mol. The van der Waals surface area contributed by atoms with E-state index in [1.165, 1.54) is 6.21 Å². The molecule has 9 nitrogen and oxygen atoms in total. The van der Waals surface area contributed by atoms with Crippen LogP contribution in [0.15, 0.2) is 52.0 Å². The number of ether oxygens (including phenoxy) is 2. The fourth-order valence-corrected chi connectivity index (χ4v) is 2.74. The van der Waals surface area contributed by atoms with Crippen molar-refractivity contribution in [2.45, 2.75) is 13.3 Å². The van der Waals surface area contributed by atoms with E-state index in [9.17, 15) is 14.4 Å². The molecule has 0 fully saturated rings. The van der Waals surface area contributed by atoms with Gasteiger partial charge in [-0.15, -0.1) is 0 Å². The SMILES string of the molecule is COCCCNC(=O)C(=O)N/N=C\c1ccccc1OCC(=O)Nc1ccc(Br)c(C)c1. The van der Waals surface area contributed by atoms with Crippen LogP contribution in [0.4, 0.5) is 5.69 Å². The molecule has 2 aromatic rings. The number of nitrogens with one attached hydrogen (secondary N) is 3. The number of nitrogens with zero attached hydrogens (tertiary/aromatic N) is 1. The van der Waals surface area contributed by atoms with Crippen molar-refractivity contribution >= 4 is 45.6 Å². The van der Waals surface area contributed by atoms with E-state index in [-0.39, 0.29) is 12.5 Å². The second-order valence-corrected chi connectivity index (χ2v) is 7.49. The molecule has 0 aliphatic heterocycles. The van der Waals surface area contributed by atoms with Crippen molar-refractivity contribution in [3.63, 3.8) is 0 Å². The summed E-state index contributed by atoms with van der Waals surface area (Å²) < 4.78 is 11.4. The van der Waals surface area contributed by atoms with Gasteiger partial charge in [-0.1, -0.05) is 28.1 Å². The lowest BCUT2D eigenvalue weighted by molar-refractivity contribution is -0.139. The second-order valence-electron chi connectivity index (χ2n) is 6.64. The first-order chi connectivity index (χ1) is 15.4. The molecule has 0 aliphatic rings. The number of halogens is 1. The van der Waals surface area contributed by atoms with Gasteiger partial charge in [0.25, 0.3) is 5.91 Å². The lowest BCUT2D eigenvalue weighted by Gasteiger charge is -2.10. The van der Waals surface area contributed by atoms with Crippen LogP contribution in [0.5, 0.6) is 5.75 Å². The average Bonchev–Trinajstić information content (AvgIpc) is 2.78. The highest BCUT2D eigenvalue weighted by Crippen LogP contribution is 2.20. The van der Waals surface area contributed by atoms with E-state index >= 15 is 0 Å². The maximum absolute atomic E-state index is 12.2.